The standard InChI is InChI=1S/C7H10N2O2/c1-2-10-5-6-11-9-4-3-8-7-9/h2-4,7H,1,5-6H2. The number of hydrogen-bond acceptors (Lipinski definition) is 3. The summed E-state index contributed by atoms with van der Waals surface area (Å²) in [4.78, 5) is 8.93. The van der Waals surface area contributed by atoms with Gasteiger partial charge >= 0.3 is 0 Å². The molecule has 60 valence electrons. The van der Waals surface area contributed by atoms with Crippen LogP contribution in [-0.4, -0.2) is 22.9 Å². The number of rotatable bonds is 5. The van der Waals surface area contributed by atoms with E-state index in [1.807, 2.05) is 0 Å². The summed E-state index contributed by atoms with van der Waals surface area (Å²) in [5, 5.41) is 0. The summed E-state index contributed by atoms with van der Waals surface area (Å²) in [6.07, 6.45) is 6.33. The summed E-state index contributed by atoms with van der Waals surface area (Å²) < 4.78 is 6.36. The normalized spacial score (nSPS) is 9.09. The Labute approximate surface area is 65.0 Å². The number of hydrogen-bond donors (Lipinski definition) is 0. The molecular weight excluding hydrogens is 144 g/mol. The van der Waals surface area contributed by atoms with Gasteiger partial charge in [0.15, 0.2) is 0 Å². The number of aromatic nitrogens is 2. The van der Waals surface area contributed by atoms with Gasteiger partial charge in [0.2, 0.25) is 0 Å². The summed E-state index contributed by atoms with van der Waals surface area (Å²) in [5.74, 6) is 0. The van der Waals surface area contributed by atoms with Gasteiger partial charge < -0.3 is 9.57 Å². The van der Waals surface area contributed by atoms with Crippen molar-refractivity contribution in [2.75, 3.05) is 13.2 Å². The summed E-state index contributed by atoms with van der Waals surface area (Å²) in [7, 11) is 0. The van der Waals surface area contributed by atoms with Crippen molar-refractivity contribution in [3.05, 3.63) is 31.6 Å². The second-order valence-corrected chi connectivity index (χ2v) is 1.79. The molecule has 0 aromatic carbocycles. The molecule has 0 aliphatic carbocycles. The first kappa shape index (κ1) is 7.65. The van der Waals surface area contributed by atoms with Crippen molar-refractivity contribution in [1.82, 2.24) is 9.71 Å². The fourth-order valence-corrected chi connectivity index (χ4v) is 0.597. The van der Waals surface area contributed by atoms with Crippen LogP contribution in [-0.2, 0) is 4.74 Å². The quantitative estimate of drug-likeness (QED) is 0.457. The van der Waals surface area contributed by atoms with Crippen molar-refractivity contribution < 1.29 is 9.57 Å². The predicted molar refractivity (Wildman–Crippen MR) is 39.8 cm³/mol. The summed E-state index contributed by atoms with van der Waals surface area (Å²) >= 11 is 0. The molecule has 0 atom stereocenters. The molecule has 0 radical (unpaired) electrons. The monoisotopic (exact) mass is 154 g/mol. The van der Waals surface area contributed by atoms with Gasteiger partial charge in [0, 0.05) is 6.20 Å². The first-order valence-corrected chi connectivity index (χ1v) is 3.27. The molecule has 4 heteroatoms. The van der Waals surface area contributed by atoms with E-state index in [9.17, 15) is 0 Å². The molecule has 1 rings (SSSR count). The van der Waals surface area contributed by atoms with Crippen LogP contribution in [0.5, 0.6) is 0 Å². The lowest BCUT2D eigenvalue weighted by atomic mass is 10.8. The topological polar surface area (TPSA) is 36.3 Å². The first-order chi connectivity index (χ1) is 5.43. The zero-order valence-electron chi connectivity index (χ0n) is 6.14. The maximum Gasteiger partial charge on any atom is 0.149 e. The Kier molecular flexibility index (Phi) is 3.05. The van der Waals surface area contributed by atoms with E-state index in [4.69, 9.17) is 9.57 Å². The average Bonchev–Trinajstić information content (AvgIpc) is 2.50. The van der Waals surface area contributed by atoms with E-state index in [0.29, 0.717) is 13.2 Å². The highest BCUT2D eigenvalue weighted by atomic mass is 16.7. The largest absolute Gasteiger partial charge is 0.498 e. The number of nitrogens with zero attached hydrogens (tertiary/aromatic N) is 2. The molecule has 1 aromatic heterocycles. The van der Waals surface area contributed by atoms with Gasteiger partial charge in [0.25, 0.3) is 0 Å². The molecule has 0 aliphatic rings. The van der Waals surface area contributed by atoms with Gasteiger partial charge in [-0.1, -0.05) is 6.58 Å². The molecule has 0 spiro atoms. The van der Waals surface area contributed by atoms with Crippen molar-refractivity contribution in [3.8, 4) is 0 Å². The Morgan fingerprint density at radius 1 is 1.55 bits per heavy atom. The Hall–Kier alpha value is -1.45. The molecule has 0 bridgehead atoms. The van der Waals surface area contributed by atoms with Crippen LogP contribution in [0.4, 0.5) is 0 Å². The number of imidazole rings is 1. The summed E-state index contributed by atoms with van der Waals surface area (Å²) in [5.41, 5.74) is 0. The molecule has 0 fully saturated rings. The van der Waals surface area contributed by atoms with Crippen LogP contribution < -0.4 is 4.84 Å². The van der Waals surface area contributed by atoms with Gasteiger partial charge in [-0.05, 0) is 0 Å². The van der Waals surface area contributed by atoms with E-state index < -0.39 is 0 Å². The highest BCUT2D eigenvalue weighted by molar-refractivity contribution is 4.69. The van der Waals surface area contributed by atoms with Crippen LogP contribution in [0.25, 0.3) is 0 Å². The lowest BCUT2D eigenvalue weighted by Gasteiger charge is -2.03. The van der Waals surface area contributed by atoms with Gasteiger partial charge in [-0.2, -0.15) is 4.73 Å². The molecule has 1 heterocycles. The van der Waals surface area contributed by atoms with Gasteiger partial charge in [0.05, 0.1) is 12.5 Å². The maximum absolute atomic E-state index is 5.13. The Bertz CT molecular complexity index is 196. The van der Waals surface area contributed by atoms with E-state index >= 15 is 0 Å². The second kappa shape index (κ2) is 4.38. The lowest BCUT2D eigenvalue weighted by Crippen LogP contribution is -2.14. The molecule has 0 aliphatic heterocycles. The van der Waals surface area contributed by atoms with Crippen LogP contribution in [0.2, 0.25) is 0 Å². The van der Waals surface area contributed by atoms with Gasteiger partial charge in [-0.25, -0.2) is 4.98 Å². The molecule has 1 aromatic rings. The zero-order chi connectivity index (χ0) is 7.94. The highest BCUT2D eigenvalue weighted by Gasteiger charge is 1.87. The molecular formula is C7H10N2O2. The van der Waals surface area contributed by atoms with Crippen LogP contribution in [0.1, 0.15) is 0 Å². The van der Waals surface area contributed by atoms with Gasteiger partial charge in [-0.15, -0.1) is 0 Å². The predicted octanol–water partition coefficient (Wildman–Crippen LogP) is 0.472. The fourth-order valence-electron chi connectivity index (χ4n) is 0.597. The van der Waals surface area contributed by atoms with E-state index in [1.165, 1.54) is 11.0 Å². The molecule has 0 saturated carbocycles. The maximum atomic E-state index is 5.13. The average molecular weight is 154 g/mol. The molecule has 4 nitrogen and oxygen atoms in total. The fraction of sp³-hybridized carbons (Fsp3) is 0.286. The van der Waals surface area contributed by atoms with Crippen LogP contribution in [0.15, 0.2) is 31.6 Å². The van der Waals surface area contributed by atoms with Crippen molar-refractivity contribution in [3.63, 3.8) is 0 Å². The SMILES string of the molecule is C=COCCOn1ccnc1. The molecule has 0 amide bonds. The smallest absolute Gasteiger partial charge is 0.149 e. The molecule has 0 unspecified atom stereocenters. The Morgan fingerprint density at radius 2 is 2.45 bits per heavy atom. The minimum absolute atomic E-state index is 0.488. The highest BCUT2D eigenvalue weighted by Crippen LogP contribution is 1.80. The Morgan fingerprint density at radius 3 is 3.09 bits per heavy atom. The van der Waals surface area contributed by atoms with Crippen LogP contribution in [0.3, 0.4) is 0 Å². The molecule has 0 saturated heterocycles. The zero-order valence-corrected chi connectivity index (χ0v) is 6.14. The second-order valence-electron chi connectivity index (χ2n) is 1.79. The third kappa shape index (κ3) is 2.75. The molecule has 0 N–H and O–H groups in total. The van der Waals surface area contributed by atoms with Crippen LogP contribution >= 0.6 is 0 Å². The number of ether oxygens (including phenoxy) is 1. The Balaban J connectivity index is 2.09. The van der Waals surface area contributed by atoms with E-state index in [0.717, 1.165) is 0 Å². The van der Waals surface area contributed by atoms with E-state index in [-0.39, 0.29) is 0 Å². The van der Waals surface area contributed by atoms with E-state index in [2.05, 4.69) is 11.6 Å². The van der Waals surface area contributed by atoms with Crippen molar-refractivity contribution in [1.29, 1.82) is 0 Å². The minimum Gasteiger partial charge on any atom is -0.498 e. The van der Waals surface area contributed by atoms with Crippen LogP contribution in [0, 0.1) is 0 Å². The third-order valence-corrected chi connectivity index (χ3v) is 1.04. The first-order valence-electron chi connectivity index (χ1n) is 3.27. The van der Waals surface area contributed by atoms with Crippen molar-refractivity contribution >= 4 is 0 Å². The van der Waals surface area contributed by atoms with Crippen molar-refractivity contribution in [2.45, 2.75) is 0 Å². The molecule has 11 heavy (non-hydrogen) atoms. The van der Waals surface area contributed by atoms with Gasteiger partial charge in [-0.3, -0.25) is 0 Å². The summed E-state index contributed by atoms with van der Waals surface area (Å²) in [6.45, 7) is 4.39. The van der Waals surface area contributed by atoms with Crippen molar-refractivity contribution in [2.24, 2.45) is 0 Å². The van der Waals surface area contributed by atoms with E-state index in [1.54, 1.807) is 18.7 Å². The lowest BCUT2D eigenvalue weighted by molar-refractivity contribution is 0.0695. The summed E-state index contributed by atoms with van der Waals surface area (Å²) in [6, 6.07) is 0. The third-order valence-electron chi connectivity index (χ3n) is 1.04. The van der Waals surface area contributed by atoms with Gasteiger partial charge in [0.1, 0.15) is 19.5 Å². The minimum atomic E-state index is 0.488.